The number of hydrogen-bond donors (Lipinski definition) is 2. The van der Waals surface area contributed by atoms with Crippen molar-refractivity contribution in [2.24, 2.45) is 0 Å². The van der Waals surface area contributed by atoms with Crippen LogP contribution < -0.4 is 20.1 Å². The highest BCUT2D eigenvalue weighted by molar-refractivity contribution is 6.32. The molecule has 5 nitrogen and oxygen atoms in total. The number of halogens is 2. The van der Waals surface area contributed by atoms with Crippen LogP contribution in [0.25, 0.3) is 0 Å². The zero-order chi connectivity index (χ0) is 19.8. The normalized spacial score (nSPS) is 14.8. The molecule has 0 bridgehead atoms. The van der Waals surface area contributed by atoms with Crippen LogP contribution >= 0.6 is 11.6 Å². The lowest BCUT2D eigenvalue weighted by atomic mass is 10.2. The summed E-state index contributed by atoms with van der Waals surface area (Å²) in [6.07, 6.45) is 0. The monoisotopic (exact) mass is 407 g/mol. The van der Waals surface area contributed by atoms with Crippen LogP contribution in [0.15, 0.2) is 36.4 Å². The Balaban J connectivity index is 1.55. The summed E-state index contributed by atoms with van der Waals surface area (Å²) in [7, 11) is 1.57. The first-order chi connectivity index (χ1) is 13.7. The number of methoxy groups -OCH3 is 1. The van der Waals surface area contributed by atoms with Gasteiger partial charge in [-0.2, -0.15) is 0 Å². The summed E-state index contributed by atoms with van der Waals surface area (Å²) in [5.74, 6) is 0.669. The van der Waals surface area contributed by atoms with E-state index in [9.17, 15) is 4.39 Å². The molecule has 1 saturated heterocycles. The maximum absolute atomic E-state index is 13.8. The van der Waals surface area contributed by atoms with Gasteiger partial charge in [-0.1, -0.05) is 29.8 Å². The zero-order valence-electron chi connectivity index (χ0n) is 16.1. The van der Waals surface area contributed by atoms with Crippen LogP contribution in [-0.2, 0) is 13.2 Å². The molecule has 1 aliphatic rings. The van der Waals surface area contributed by atoms with Gasteiger partial charge in [0.2, 0.25) is 0 Å². The van der Waals surface area contributed by atoms with E-state index in [4.69, 9.17) is 21.1 Å². The highest BCUT2D eigenvalue weighted by Crippen LogP contribution is 2.37. The van der Waals surface area contributed by atoms with Crippen molar-refractivity contribution in [1.82, 2.24) is 15.5 Å². The quantitative estimate of drug-likeness (QED) is 0.625. The molecule has 0 aliphatic carbocycles. The van der Waals surface area contributed by atoms with Crippen LogP contribution in [0.3, 0.4) is 0 Å². The highest BCUT2D eigenvalue weighted by atomic mass is 35.5. The first-order valence-corrected chi connectivity index (χ1v) is 9.91. The van der Waals surface area contributed by atoms with Crippen LogP contribution in [0.1, 0.15) is 11.1 Å². The van der Waals surface area contributed by atoms with E-state index < -0.39 is 0 Å². The van der Waals surface area contributed by atoms with E-state index in [2.05, 4.69) is 15.5 Å². The smallest absolute Gasteiger partial charge is 0.180 e. The molecular formula is C21H27ClFN3O2. The molecule has 0 atom stereocenters. The Morgan fingerprint density at radius 1 is 1.21 bits per heavy atom. The van der Waals surface area contributed by atoms with Crippen LogP contribution in [0.2, 0.25) is 5.02 Å². The van der Waals surface area contributed by atoms with E-state index in [1.807, 2.05) is 12.1 Å². The van der Waals surface area contributed by atoms with Gasteiger partial charge in [-0.25, -0.2) is 4.39 Å². The maximum Gasteiger partial charge on any atom is 0.180 e. The van der Waals surface area contributed by atoms with E-state index in [1.165, 1.54) is 6.07 Å². The summed E-state index contributed by atoms with van der Waals surface area (Å²) in [4.78, 5) is 2.44. The molecule has 1 fully saturated rings. The minimum absolute atomic E-state index is 0.0883. The number of ether oxygens (including phenoxy) is 2. The lowest BCUT2D eigenvalue weighted by Crippen LogP contribution is -2.45. The highest BCUT2D eigenvalue weighted by Gasteiger charge is 2.14. The Morgan fingerprint density at radius 3 is 2.75 bits per heavy atom. The third kappa shape index (κ3) is 5.82. The van der Waals surface area contributed by atoms with E-state index in [1.54, 1.807) is 25.3 Å². The number of hydrogen-bond acceptors (Lipinski definition) is 5. The van der Waals surface area contributed by atoms with E-state index in [0.717, 1.165) is 44.8 Å². The molecule has 0 unspecified atom stereocenters. The molecule has 1 heterocycles. The molecule has 28 heavy (non-hydrogen) atoms. The van der Waals surface area contributed by atoms with Gasteiger partial charge in [0.05, 0.1) is 12.1 Å². The SMILES string of the molecule is COc1cc(CNCCN2CCNCC2)cc(Cl)c1OCc1ccccc1F. The third-order valence-corrected chi connectivity index (χ3v) is 5.04. The maximum atomic E-state index is 13.8. The Kier molecular flexibility index (Phi) is 7.91. The average Bonchev–Trinajstić information content (AvgIpc) is 2.72. The molecule has 2 N–H and O–H groups in total. The van der Waals surface area contributed by atoms with Gasteiger partial charge in [-0.15, -0.1) is 0 Å². The summed E-state index contributed by atoms with van der Waals surface area (Å²) in [6, 6.07) is 10.3. The van der Waals surface area contributed by atoms with E-state index in [0.29, 0.717) is 28.6 Å². The van der Waals surface area contributed by atoms with Crippen molar-refractivity contribution >= 4 is 11.6 Å². The summed E-state index contributed by atoms with van der Waals surface area (Å²) >= 11 is 6.41. The molecule has 152 valence electrons. The summed E-state index contributed by atoms with van der Waals surface area (Å²) < 4.78 is 25.0. The van der Waals surface area contributed by atoms with Crippen molar-refractivity contribution in [3.05, 3.63) is 58.4 Å². The van der Waals surface area contributed by atoms with Crippen LogP contribution in [-0.4, -0.2) is 51.3 Å². The van der Waals surface area contributed by atoms with Gasteiger partial charge in [0.15, 0.2) is 11.5 Å². The number of nitrogens with one attached hydrogen (secondary N) is 2. The summed E-state index contributed by atoms with van der Waals surface area (Å²) in [6.45, 7) is 7.01. The average molecular weight is 408 g/mol. The second-order valence-electron chi connectivity index (χ2n) is 6.76. The minimum Gasteiger partial charge on any atom is -0.493 e. The molecule has 7 heteroatoms. The van der Waals surface area contributed by atoms with Gasteiger partial charge in [0.25, 0.3) is 0 Å². The van der Waals surface area contributed by atoms with Gasteiger partial charge in [0.1, 0.15) is 12.4 Å². The van der Waals surface area contributed by atoms with Gasteiger partial charge < -0.3 is 20.1 Å². The summed E-state index contributed by atoms with van der Waals surface area (Å²) in [5.41, 5.74) is 1.49. The van der Waals surface area contributed by atoms with Crippen molar-refractivity contribution in [2.75, 3.05) is 46.4 Å². The van der Waals surface area contributed by atoms with Gasteiger partial charge in [0, 0.05) is 51.4 Å². The molecule has 0 radical (unpaired) electrons. The fourth-order valence-corrected chi connectivity index (χ4v) is 3.47. The zero-order valence-corrected chi connectivity index (χ0v) is 16.9. The topological polar surface area (TPSA) is 45.8 Å². The molecule has 1 aliphatic heterocycles. The molecule has 0 saturated carbocycles. The third-order valence-electron chi connectivity index (χ3n) is 4.76. The Hall–Kier alpha value is -1.86. The minimum atomic E-state index is -0.303. The Labute approximate surface area is 170 Å². The van der Waals surface area contributed by atoms with Crippen molar-refractivity contribution in [3.8, 4) is 11.5 Å². The predicted molar refractivity (Wildman–Crippen MR) is 110 cm³/mol. The molecule has 2 aromatic carbocycles. The standard InChI is InChI=1S/C21H27ClFN3O2/c1-27-20-13-16(14-25-8-11-26-9-6-24-7-10-26)12-18(22)21(20)28-15-17-4-2-3-5-19(17)23/h2-5,12-13,24-25H,6-11,14-15H2,1H3. The number of nitrogens with zero attached hydrogens (tertiary/aromatic N) is 1. The number of piperazine rings is 1. The first-order valence-electron chi connectivity index (χ1n) is 9.54. The molecule has 0 spiro atoms. The molecule has 3 rings (SSSR count). The molecule has 2 aromatic rings. The Morgan fingerprint density at radius 2 is 2.00 bits per heavy atom. The van der Waals surface area contributed by atoms with Crippen molar-refractivity contribution in [2.45, 2.75) is 13.2 Å². The summed E-state index contributed by atoms with van der Waals surface area (Å²) in [5, 5.41) is 7.25. The predicted octanol–water partition coefficient (Wildman–Crippen LogP) is 3.06. The van der Waals surface area contributed by atoms with Crippen molar-refractivity contribution in [1.29, 1.82) is 0 Å². The van der Waals surface area contributed by atoms with Gasteiger partial charge in [-0.05, 0) is 23.8 Å². The fourth-order valence-electron chi connectivity index (χ4n) is 3.19. The van der Waals surface area contributed by atoms with E-state index >= 15 is 0 Å². The Bertz CT molecular complexity index is 769. The van der Waals surface area contributed by atoms with Crippen molar-refractivity contribution in [3.63, 3.8) is 0 Å². The number of benzene rings is 2. The first kappa shape index (κ1) is 20.9. The van der Waals surface area contributed by atoms with Crippen LogP contribution in [0.4, 0.5) is 4.39 Å². The number of rotatable bonds is 9. The molecule has 0 aromatic heterocycles. The molecule has 0 amide bonds. The van der Waals surface area contributed by atoms with Gasteiger partial charge in [-0.3, -0.25) is 4.90 Å². The van der Waals surface area contributed by atoms with E-state index in [-0.39, 0.29) is 12.4 Å². The lowest BCUT2D eigenvalue weighted by Gasteiger charge is -2.27. The largest absolute Gasteiger partial charge is 0.493 e. The van der Waals surface area contributed by atoms with Gasteiger partial charge >= 0.3 is 0 Å². The second kappa shape index (κ2) is 10.6. The van der Waals surface area contributed by atoms with Crippen LogP contribution in [0, 0.1) is 5.82 Å². The van der Waals surface area contributed by atoms with Crippen LogP contribution in [0.5, 0.6) is 11.5 Å². The second-order valence-corrected chi connectivity index (χ2v) is 7.16. The lowest BCUT2D eigenvalue weighted by molar-refractivity contribution is 0.241. The fraction of sp³-hybridized carbons (Fsp3) is 0.429. The van der Waals surface area contributed by atoms with Crippen molar-refractivity contribution < 1.29 is 13.9 Å². The molecular weight excluding hydrogens is 381 g/mol.